The molecule has 9 rings (SSSR count). The number of pyridine rings is 1. The number of halogens is 2. The van der Waals surface area contributed by atoms with Gasteiger partial charge in [0.2, 0.25) is 5.91 Å². The van der Waals surface area contributed by atoms with E-state index in [-0.39, 0.29) is 62.8 Å². The summed E-state index contributed by atoms with van der Waals surface area (Å²) in [6.07, 6.45) is 4.26. The molecule has 408 valence electrons. The number of nitrogens with zero attached hydrogens (tertiary/aromatic N) is 8. The number of methoxy groups -OCH3 is 1. The molecule has 0 radical (unpaired) electrons. The molecule has 0 spiro atoms. The maximum Gasteiger partial charge on any atom is 0.510 e. The standard InChI is InChI=1S/C54H66ClFN8O12/c1-70-20-21-71-22-23-72-24-25-73-26-27-74-54(69)75-35-64-50(65)11-9-47(53(64)68)63-33-38-28-48(45(56)30-43(38)52(63)67)60-18-16-59(17-19-60)32-36-12-14-61(15-13-36)49-10-8-42-46(58-49)34-62(51(42)66)39-3-6-40(7-4-39)76-41-5-2-37(31-57)44(55)29-41/h2,5,8,10,28-30,36,39-40,47H,3-4,6-7,9,11-27,32-35H2,1H3/t39-,40-,47?. The van der Waals surface area contributed by atoms with Gasteiger partial charge in [-0.25, -0.2) is 19.1 Å². The van der Waals surface area contributed by atoms with Crippen LogP contribution in [0.3, 0.4) is 0 Å². The number of imide groups is 1. The highest BCUT2D eigenvalue weighted by Gasteiger charge is 2.44. The van der Waals surface area contributed by atoms with Gasteiger partial charge < -0.3 is 52.8 Å². The number of anilines is 2. The lowest BCUT2D eigenvalue weighted by molar-refractivity contribution is -0.157. The molecular formula is C54H66ClFN8O12. The second-order valence-electron chi connectivity index (χ2n) is 19.9. The molecule has 1 aromatic heterocycles. The zero-order valence-corrected chi connectivity index (χ0v) is 43.7. The maximum absolute atomic E-state index is 15.9. The molecule has 3 saturated heterocycles. The molecule has 3 aromatic rings. The van der Waals surface area contributed by atoms with Crippen LogP contribution in [0.1, 0.15) is 88.9 Å². The number of nitriles is 1. The first-order chi connectivity index (χ1) is 37.0. The number of piperidine rings is 2. The average Bonchev–Trinajstić information content (AvgIpc) is 3.93. The molecule has 5 aliphatic heterocycles. The fourth-order valence-electron chi connectivity index (χ4n) is 11.0. The quantitative estimate of drug-likeness (QED) is 0.0701. The Hall–Kier alpha value is -6.15. The van der Waals surface area contributed by atoms with Crippen molar-refractivity contribution in [2.24, 2.45) is 5.92 Å². The van der Waals surface area contributed by atoms with E-state index in [1.807, 2.05) is 21.9 Å². The Balaban J connectivity index is 0.677. The number of aromatic nitrogens is 1. The van der Waals surface area contributed by atoms with E-state index in [4.69, 9.17) is 49.7 Å². The third-order valence-electron chi connectivity index (χ3n) is 15.2. The molecule has 22 heteroatoms. The maximum atomic E-state index is 15.9. The highest BCUT2D eigenvalue weighted by Crippen LogP contribution is 2.36. The van der Waals surface area contributed by atoms with Crippen LogP contribution in [0.25, 0.3) is 0 Å². The summed E-state index contributed by atoms with van der Waals surface area (Å²) in [5, 5.41) is 9.55. The van der Waals surface area contributed by atoms with Crippen LogP contribution in [-0.4, -0.2) is 185 Å². The van der Waals surface area contributed by atoms with Crippen molar-refractivity contribution in [3.63, 3.8) is 0 Å². The molecule has 6 heterocycles. The monoisotopic (exact) mass is 1070 g/mol. The van der Waals surface area contributed by atoms with E-state index in [9.17, 15) is 29.2 Å². The minimum absolute atomic E-state index is 0.0176. The zero-order chi connectivity index (χ0) is 53.1. The second-order valence-corrected chi connectivity index (χ2v) is 20.3. The van der Waals surface area contributed by atoms with E-state index in [1.165, 1.54) is 11.0 Å². The van der Waals surface area contributed by atoms with Gasteiger partial charge in [-0.2, -0.15) is 5.26 Å². The van der Waals surface area contributed by atoms with Gasteiger partial charge in [-0.15, -0.1) is 0 Å². The van der Waals surface area contributed by atoms with Gasteiger partial charge in [-0.05, 0) is 92.8 Å². The fourth-order valence-corrected chi connectivity index (χ4v) is 11.2. The Morgan fingerprint density at radius 1 is 0.750 bits per heavy atom. The number of piperazine rings is 1. The average molecular weight is 1070 g/mol. The third-order valence-corrected chi connectivity index (χ3v) is 15.5. The van der Waals surface area contributed by atoms with Gasteiger partial charge >= 0.3 is 6.16 Å². The molecule has 4 amide bonds. The van der Waals surface area contributed by atoms with E-state index in [1.54, 1.807) is 31.4 Å². The molecule has 2 aromatic carbocycles. The molecular weight excluding hydrogens is 1010 g/mol. The number of ether oxygens (including phenoxy) is 7. The first-order valence-corrected chi connectivity index (χ1v) is 26.7. The lowest BCUT2D eigenvalue weighted by atomic mass is 9.92. The summed E-state index contributed by atoms with van der Waals surface area (Å²) in [5.41, 5.74) is 3.12. The van der Waals surface area contributed by atoms with Crippen LogP contribution in [0, 0.1) is 23.1 Å². The number of hydrogen-bond acceptors (Lipinski definition) is 17. The van der Waals surface area contributed by atoms with Crippen molar-refractivity contribution in [3.05, 3.63) is 81.3 Å². The first kappa shape index (κ1) is 54.6. The van der Waals surface area contributed by atoms with Crippen LogP contribution >= 0.6 is 11.6 Å². The Labute approximate surface area is 446 Å². The second kappa shape index (κ2) is 25.8. The van der Waals surface area contributed by atoms with E-state index in [0.29, 0.717) is 91.7 Å². The molecule has 76 heavy (non-hydrogen) atoms. The summed E-state index contributed by atoms with van der Waals surface area (Å²) >= 11 is 6.21. The molecule has 1 atom stereocenters. The van der Waals surface area contributed by atoms with Gasteiger partial charge in [-0.3, -0.25) is 24.1 Å². The Bertz CT molecular complexity index is 2620. The number of benzene rings is 2. The Kier molecular flexibility index (Phi) is 18.5. The minimum atomic E-state index is -1.09. The van der Waals surface area contributed by atoms with Gasteiger partial charge in [0.25, 0.3) is 17.7 Å². The molecule has 6 aliphatic rings. The third kappa shape index (κ3) is 13.1. The Morgan fingerprint density at radius 2 is 1.45 bits per heavy atom. The molecule has 4 fully saturated rings. The fraction of sp³-hybridized carbons (Fsp3) is 0.574. The van der Waals surface area contributed by atoms with Crippen molar-refractivity contribution >= 4 is 52.9 Å². The lowest BCUT2D eigenvalue weighted by Gasteiger charge is -2.40. The number of rotatable bonds is 22. The predicted octanol–water partition coefficient (Wildman–Crippen LogP) is 5.41. The number of hydrogen-bond donors (Lipinski definition) is 0. The van der Waals surface area contributed by atoms with Crippen molar-refractivity contribution in [2.45, 2.75) is 82.6 Å². The molecule has 1 aliphatic carbocycles. The van der Waals surface area contributed by atoms with Gasteiger partial charge in [0.1, 0.15) is 36.1 Å². The number of amides is 4. The minimum Gasteiger partial charge on any atom is -0.490 e. The van der Waals surface area contributed by atoms with E-state index < -0.39 is 42.5 Å². The number of fused-ring (bicyclic) bond motifs is 2. The van der Waals surface area contributed by atoms with Gasteiger partial charge in [0.05, 0.1) is 86.4 Å². The molecule has 1 saturated carbocycles. The summed E-state index contributed by atoms with van der Waals surface area (Å²) in [6, 6.07) is 13.2. The van der Waals surface area contributed by atoms with Gasteiger partial charge in [0, 0.05) is 83.6 Å². The molecule has 0 N–H and O–H groups in total. The van der Waals surface area contributed by atoms with E-state index >= 15 is 4.39 Å². The van der Waals surface area contributed by atoms with Crippen LogP contribution < -0.4 is 14.5 Å². The number of carbonyl (C=O) groups is 5. The molecule has 0 bridgehead atoms. The highest BCUT2D eigenvalue weighted by molar-refractivity contribution is 6.31. The van der Waals surface area contributed by atoms with E-state index in [0.717, 1.165) is 87.7 Å². The van der Waals surface area contributed by atoms with Gasteiger partial charge in [0.15, 0.2) is 6.73 Å². The van der Waals surface area contributed by atoms with Crippen molar-refractivity contribution in [3.8, 4) is 11.8 Å². The number of likely N-dealkylation sites (tertiary alicyclic amines) is 1. The smallest absolute Gasteiger partial charge is 0.490 e. The first-order valence-electron chi connectivity index (χ1n) is 26.4. The Morgan fingerprint density at radius 3 is 2.14 bits per heavy atom. The van der Waals surface area contributed by atoms with Crippen molar-refractivity contribution in [1.29, 1.82) is 5.26 Å². The van der Waals surface area contributed by atoms with Crippen LogP contribution in [0.5, 0.6) is 5.75 Å². The predicted molar refractivity (Wildman–Crippen MR) is 273 cm³/mol. The lowest BCUT2D eigenvalue weighted by Crippen LogP contribution is -2.55. The number of carbonyl (C=O) groups excluding carboxylic acids is 5. The van der Waals surface area contributed by atoms with Crippen LogP contribution in [-0.2, 0) is 51.1 Å². The molecule has 1 unspecified atom stereocenters. The van der Waals surface area contributed by atoms with E-state index in [2.05, 4.69) is 15.9 Å². The molecule has 20 nitrogen and oxygen atoms in total. The van der Waals surface area contributed by atoms with Crippen molar-refractivity contribution in [1.82, 2.24) is 24.6 Å². The normalized spacial score (nSPS) is 21.3. The largest absolute Gasteiger partial charge is 0.510 e. The summed E-state index contributed by atoms with van der Waals surface area (Å²) in [5.74, 6) is -0.152. The summed E-state index contributed by atoms with van der Waals surface area (Å²) in [6.45, 7) is 7.69. The summed E-state index contributed by atoms with van der Waals surface area (Å²) < 4.78 is 53.1. The topological polar surface area (TPSA) is 206 Å². The van der Waals surface area contributed by atoms with Crippen LogP contribution in [0.2, 0.25) is 5.02 Å². The zero-order valence-electron chi connectivity index (χ0n) is 43.0. The summed E-state index contributed by atoms with van der Waals surface area (Å²) in [4.78, 5) is 81.9. The van der Waals surface area contributed by atoms with Crippen molar-refractivity contribution in [2.75, 3.05) is 122 Å². The van der Waals surface area contributed by atoms with Crippen LogP contribution in [0.4, 0.5) is 20.7 Å². The van der Waals surface area contributed by atoms with Gasteiger partial charge in [-0.1, -0.05) is 11.6 Å². The SMILES string of the molecule is COCCOCCOCCOCCOC(=O)OCN1C(=O)CCC(N2Cc3cc(N4CCN(CC5CCN(c6ccc7c(n6)CN([C@H]6CC[C@H](Oc8ccc(C#N)c(Cl)c8)CC6)C7=O)CC5)CC4)c(F)cc3C2=O)C1=O. The highest BCUT2D eigenvalue weighted by atomic mass is 35.5. The van der Waals surface area contributed by atoms with Crippen molar-refractivity contribution < 1.29 is 61.5 Å². The summed E-state index contributed by atoms with van der Waals surface area (Å²) in [7, 11) is 1.60. The van der Waals surface area contributed by atoms with Crippen LogP contribution in [0.15, 0.2) is 42.5 Å².